The Morgan fingerprint density at radius 2 is 1.73 bits per heavy atom. The van der Waals surface area contributed by atoms with E-state index in [2.05, 4.69) is 44.8 Å². The third-order valence-corrected chi connectivity index (χ3v) is 3.05. The smallest absolute Gasteiger partial charge is 0.00641 e. The number of rotatable bonds is 9. The summed E-state index contributed by atoms with van der Waals surface area (Å²) in [6.45, 7) is 14.9. The summed E-state index contributed by atoms with van der Waals surface area (Å²) in [6, 6.07) is 1.37. The lowest BCUT2D eigenvalue weighted by atomic mass is 10.2. The fraction of sp³-hybridized carbons (Fsp3) is 1.00. The number of hydrogen-bond acceptors (Lipinski definition) is 2. The van der Waals surface area contributed by atoms with Gasteiger partial charge in [0.05, 0.1) is 0 Å². The van der Waals surface area contributed by atoms with Gasteiger partial charge in [0, 0.05) is 12.1 Å². The second-order valence-electron chi connectivity index (χ2n) is 4.70. The van der Waals surface area contributed by atoms with Crippen molar-refractivity contribution in [2.75, 3.05) is 19.6 Å². The average Bonchev–Trinajstić information content (AvgIpc) is 2.22. The van der Waals surface area contributed by atoms with Gasteiger partial charge in [0.2, 0.25) is 0 Å². The molecule has 2 nitrogen and oxygen atoms in total. The van der Waals surface area contributed by atoms with Crippen LogP contribution < -0.4 is 5.32 Å². The molecule has 0 saturated heterocycles. The maximum Gasteiger partial charge on any atom is 0.00641 e. The standard InChI is InChI=1S/C13H30N2/c1-6-13(5)15(7-2)11-9-8-10-14-12(3)4/h12-14H,6-11H2,1-5H3. The number of hydrogen-bond donors (Lipinski definition) is 1. The van der Waals surface area contributed by atoms with Crippen molar-refractivity contribution >= 4 is 0 Å². The quantitative estimate of drug-likeness (QED) is 0.594. The first-order chi connectivity index (χ1) is 7.11. The molecule has 0 amide bonds. The summed E-state index contributed by atoms with van der Waals surface area (Å²) in [6.07, 6.45) is 3.88. The van der Waals surface area contributed by atoms with Gasteiger partial charge in [-0.25, -0.2) is 0 Å². The highest BCUT2D eigenvalue weighted by Gasteiger charge is 2.08. The summed E-state index contributed by atoms with van der Waals surface area (Å²) in [4.78, 5) is 2.58. The monoisotopic (exact) mass is 214 g/mol. The minimum absolute atomic E-state index is 0.627. The van der Waals surface area contributed by atoms with Crippen LogP contribution in [0.15, 0.2) is 0 Å². The minimum Gasteiger partial charge on any atom is -0.315 e. The first kappa shape index (κ1) is 14.9. The Kier molecular flexibility index (Phi) is 9.12. The molecule has 0 fully saturated rings. The Morgan fingerprint density at radius 1 is 1.07 bits per heavy atom. The first-order valence-electron chi connectivity index (χ1n) is 6.59. The van der Waals surface area contributed by atoms with Crippen molar-refractivity contribution < 1.29 is 0 Å². The van der Waals surface area contributed by atoms with E-state index in [-0.39, 0.29) is 0 Å². The van der Waals surface area contributed by atoms with Crippen LogP contribution in [0, 0.1) is 0 Å². The van der Waals surface area contributed by atoms with Gasteiger partial charge in [-0.15, -0.1) is 0 Å². The molecular weight excluding hydrogens is 184 g/mol. The molecule has 0 bridgehead atoms. The van der Waals surface area contributed by atoms with E-state index < -0.39 is 0 Å². The highest BCUT2D eigenvalue weighted by Crippen LogP contribution is 2.04. The van der Waals surface area contributed by atoms with Gasteiger partial charge in [-0.05, 0) is 45.8 Å². The maximum atomic E-state index is 3.46. The predicted octanol–water partition coefficient (Wildman–Crippen LogP) is 2.89. The van der Waals surface area contributed by atoms with Gasteiger partial charge in [-0.2, -0.15) is 0 Å². The van der Waals surface area contributed by atoms with Crippen molar-refractivity contribution in [1.29, 1.82) is 0 Å². The fourth-order valence-corrected chi connectivity index (χ4v) is 1.78. The molecule has 92 valence electrons. The summed E-state index contributed by atoms with van der Waals surface area (Å²) >= 11 is 0. The molecule has 1 atom stereocenters. The molecule has 0 aliphatic carbocycles. The molecule has 0 aliphatic rings. The van der Waals surface area contributed by atoms with Crippen molar-refractivity contribution in [1.82, 2.24) is 10.2 Å². The zero-order valence-electron chi connectivity index (χ0n) is 11.3. The first-order valence-corrected chi connectivity index (χ1v) is 6.59. The van der Waals surface area contributed by atoms with Crippen LogP contribution in [0.3, 0.4) is 0 Å². The molecule has 15 heavy (non-hydrogen) atoms. The molecule has 2 heteroatoms. The molecule has 0 rings (SSSR count). The summed E-state index contributed by atoms with van der Waals surface area (Å²) < 4.78 is 0. The van der Waals surface area contributed by atoms with Gasteiger partial charge in [-0.3, -0.25) is 0 Å². The molecule has 0 heterocycles. The van der Waals surface area contributed by atoms with Gasteiger partial charge in [0.1, 0.15) is 0 Å². The van der Waals surface area contributed by atoms with Gasteiger partial charge >= 0.3 is 0 Å². The summed E-state index contributed by atoms with van der Waals surface area (Å²) in [7, 11) is 0. The molecule has 0 radical (unpaired) electrons. The van der Waals surface area contributed by atoms with Crippen LogP contribution in [-0.4, -0.2) is 36.6 Å². The van der Waals surface area contributed by atoms with E-state index in [9.17, 15) is 0 Å². The molecule has 0 aromatic heterocycles. The Hall–Kier alpha value is -0.0800. The highest BCUT2D eigenvalue weighted by atomic mass is 15.1. The van der Waals surface area contributed by atoms with Gasteiger partial charge < -0.3 is 10.2 Å². The number of nitrogens with one attached hydrogen (secondary N) is 1. The lowest BCUT2D eigenvalue weighted by Crippen LogP contribution is -2.33. The number of nitrogens with zero attached hydrogens (tertiary/aromatic N) is 1. The van der Waals surface area contributed by atoms with E-state index in [1.807, 2.05) is 0 Å². The van der Waals surface area contributed by atoms with Crippen LogP contribution >= 0.6 is 0 Å². The van der Waals surface area contributed by atoms with Crippen molar-refractivity contribution in [2.24, 2.45) is 0 Å². The lowest BCUT2D eigenvalue weighted by Gasteiger charge is -2.26. The van der Waals surface area contributed by atoms with Crippen LogP contribution in [0.25, 0.3) is 0 Å². The molecule has 0 saturated carbocycles. The predicted molar refractivity (Wildman–Crippen MR) is 69.4 cm³/mol. The second-order valence-corrected chi connectivity index (χ2v) is 4.70. The van der Waals surface area contributed by atoms with Crippen molar-refractivity contribution in [3.05, 3.63) is 0 Å². The third-order valence-electron chi connectivity index (χ3n) is 3.05. The Morgan fingerprint density at radius 3 is 2.20 bits per heavy atom. The van der Waals surface area contributed by atoms with E-state index in [1.54, 1.807) is 0 Å². The molecule has 0 spiro atoms. The van der Waals surface area contributed by atoms with Crippen molar-refractivity contribution in [3.63, 3.8) is 0 Å². The van der Waals surface area contributed by atoms with E-state index in [0.717, 1.165) is 12.6 Å². The lowest BCUT2D eigenvalue weighted by molar-refractivity contribution is 0.210. The molecule has 0 aromatic rings. The van der Waals surface area contributed by atoms with E-state index in [4.69, 9.17) is 0 Å². The SMILES string of the molecule is CCC(C)N(CC)CCCCNC(C)C. The average molecular weight is 214 g/mol. The van der Waals surface area contributed by atoms with E-state index in [1.165, 1.54) is 32.4 Å². The van der Waals surface area contributed by atoms with Crippen molar-refractivity contribution in [3.8, 4) is 0 Å². The molecule has 1 N–H and O–H groups in total. The molecule has 0 aromatic carbocycles. The third kappa shape index (κ3) is 7.80. The Bertz CT molecular complexity index is 134. The van der Waals surface area contributed by atoms with Gasteiger partial charge in [0.15, 0.2) is 0 Å². The van der Waals surface area contributed by atoms with Gasteiger partial charge in [-0.1, -0.05) is 27.7 Å². The van der Waals surface area contributed by atoms with E-state index in [0.29, 0.717) is 6.04 Å². The number of unbranched alkanes of at least 4 members (excludes halogenated alkanes) is 1. The van der Waals surface area contributed by atoms with Crippen LogP contribution in [0.2, 0.25) is 0 Å². The molecule has 0 aliphatic heterocycles. The Labute approximate surface area is 96.4 Å². The summed E-state index contributed by atoms with van der Waals surface area (Å²) in [5.74, 6) is 0. The normalized spacial score (nSPS) is 13.8. The summed E-state index contributed by atoms with van der Waals surface area (Å²) in [5.41, 5.74) is 0. The Balaban J connectivity index is 3.46. The van der Waals surface area contributed by atoms with Gasteiger partial charge in [0.25, 0.3) is 0 Å². The highest BCUT2D eigenvalue weighted by molar-refractivity contribution is 4.64. The zero-order chi connectivity index (χ0) is 11.7. The minimum atomic E-state index is 0.627. The van der Waals surface area contributed by atoms with Crippen LogP contribution in [-0.2, 0) is 0 Å². The topological polar surface area (TPSA) is 15.3 Å². The second kappa shape index (κ2) is 9.17. The zero-order valence-corrected chi connectivity index (χ0v) is 11.3. The summed E-state index contributed by atoms with van der Waals surface area (Å²) in [5, 5.41) is 3.46. The largest absolute Gasteiger partial charge is 0.315 e. The van der Waals surface area contributed by atoms with Crippen LogP contribution in [0.5, 0.6) is 0 Å². The van der Waals surface area contributed by atoms with Crippen LogP contribution in [0.4, 0.5) is 0 Å². The molecule has 1 unspecified atom stereocenters. The van der Waals surface area contributed by atoms with Crippen LogP contribution in [0.1, 0.15) is 53.9 Å². The van der Waals surface area contributed by atoms with Crippen molar-refractivity contribution in [2.45, 2.75) is 66.0 Å². The molecular formula is C13H30N2. The fourth-order valence-electron chi connectivity index (χ4n) is 1.78. The maximum absolute atomic E-state index is 3.46. The van der Waals surface area contributed by atoms with E-state index >= 15 is 0 Å².